The smallest absolute Gasteiger partial charge is 0.249 e. The molecule has 2 aromatic carbocycles. The van der Waals surface area contributed by atoms with Crippen molar-refractivity contribution in [2.45, 2.75) is 26.3 Å². The van der Waals surface area contributed by atoms with Gasteiger partial charge in [0.2, 0.25) is 16.9 Å². The summed E-state index contributed by atoms with van der Waals surface area (Å²) in [5.74, 6) is -0.499. The van der Waals surface area contributed by atoms with Gasteiger partial charge in [-0.05, 0) is 43.7 Å². The molecule has 0 saturated heterocycles. The van der Waals surface area contributed by atoms with E-state index >= 15 is 0 Å². The molecule has 0 spiro atoms. The minimum atomic E-state index is -0.800. The lowest BCUT2D eigenvalue weighted by molar-refractivity contribution is -0.131. The van der Waals surface area contributed by atoms with Crippen molar-refractivity contribution in [2.75, 3.05) is 30.2 Å². The normalized spacial score (nSPS) is 12.2. The molecule has 0 aliphatic heterocycles. The number of nitrogens with one attached hydrogen (secondary N) is 2. The third-order valence-corrected chi connectivity index (χ3v) is 6.69. The summed E-state index contributed by atoms with van der Waals surface area (Å²) in [6.07, 6.45) is 0.342. The van der Waals surface area contributed by atoms with Gasteiger partial charge in [0.25, 0.3) is 0 Å². The molecule has 33 heavy (non-hydrogen) atoms. The number of benzene rings is 2. The Morgan fingerprint density at radius 3 is 2.33 bits per heavy atom. The molecule has 1 heterocycles. The van der Waals surface area contributed by atoms with Crippen molar-refractivity contribution < 1.29 is 9.59 Å². The van der Waals surface area contributed by atoms with Gasteiger partial charge in [-0.1, -0.05) is 41.7 Å². The molecule has 174 valence electrons. The molecule has 2 N–H and O–H groups in total. The summed E-state index contributed by atoms with van der Waals surface area (Å²) in [6, 6.07) is 16.7. The number of amides is 2. The van der Waals surface area contributed by atoms with Gasteiger partial charge in [-0.3, -0.25) is 14.9 Å². The van der Waals surface area contributed by atoms with E-state index in [-0.39, 0.29) is 17.7 Å². The van der Waals surface area contributed by atoms with E-state index in [0.717, 1.165) is 16.8 Å². The summed E-state index contributed by atoms with van der Waals surface area (Å²) in [4.78, 5) is 27.8. The van der Waals surface area contributed by atoms with E-state index in [0.29, 0.717) is 16.6 Å². The van der Waals surface area contributed by atoms with Crippen molar-refractivity contribution in [2.24, 2.45) is 5.41 Å². The summed E-state index contributed by atoms with van der Waals surface area (Å²) < 4.78 is 0. The first-order chi connectivity index (χ1) is 15.7. The Bertz CT molecular complexity index is 1080. The molecule has 7 nitrogen and oxygen atoms in total. The number of anilines is 2. The third-order valence-electron chi connectivity index (χ3n) is 5.14. The van der Waals surface area contributed by atoms with Crippen LogP contribution in [0.5, 0.6) is 0 Å². The molecule has 1 unspecified atom stereocenters. The highest BCUT2D eigenvalue weighted by molar-refractivity contribution is 7.18. The second-order valence-electron chi connectivity index (χ2n) is 8.58. The first kappa shape index (κ1) is 24.7. The minimum absolute atomic E-state index is 0.144. The van der Waals surface area contributed by atoms with Crippen molar-refractivity contribution >= 4 is 45.6 Å². The van der Waals surface area contributed by atoms with Crippen LogP contribution >= 0.6 is 22.9 Å². The Hall–Kier alpha value is -2.97. The van der Waals surface area contributed by atoms with Crippen molar-refractivity contribution in [1.29, 1.82) is 0 Å². The largest absolute Gasteiger partial charge is 0.378 e. The van der Waals surface area contributed by atoms with Crippen molar-refractivity contribution in [3.63, 3.8) is 0 Å². The minimum Gasteiger partial charge on any atom is -0.378 e. The molecule has 1 atom stereocenters. The number of carbonyl (C=O) groups is 2. The van der Waals surface area contributed by atoms with Gasteiger partial charge in [0, 0.05) is 37.6 Å². The van der Waals surface area contributed by atoms with Crippen LogP contribution in [0.2, 0.25) is 0 Å². The van der Waals surface area contributed by atoms with E-state index in [1.54, 1.807) is 13.8 Å². The zero-order valence-corrected chi connectivity index (χ0v) is 20.7. The number of halogens is 1. The molecule has 2 amide bonds. The van der Waals surface area contributed by atoms with Gasteiger partial charge < -0.3 is 10.2 Å². The Morgan fingerprint density at radius 2 is 1.73 bits per heavy atom. The first-order valence-corrected chi connectivity index (χ1v) is 11.9. The second kappa shape index (κ2) is 10.8. The van der Waals surface area contributed by atoms with Crippen LogP contribution in [0.1, 0.15) is 19.4 Å². The van der Waals surface area contributed by atoms with E-state index in [4.69, 9.17) is 11.6 Å². The number of aromatic nitrogens is 2. The molecule has 0 bridgehead atoms. The summed E-state index contributed by atoms with van der Waals surface area (Å²) in [6.45, 7) is 3.48. The molecule has 0 radical (unpaired) electrons. The lowest BCUT2D eigenvalue weighted by Crippen LogP contribution is -2.50. The van der Waals surface area contributed by atoms with Gasteiger partial charge in [0.05, 0.1) is 5.41 Å². The van der Waals surface area contributed by atoms with Crippen molar-refractivity contribution in [3.8, 4) is 10.6 Å². The monoisotopic (exact) mass is 485 g/mol. The first-order valence-electron chi connectivity index (χ1n) is 10.5. The van der Waals surface area contributed by atoms with Gasteiger partial charge in [0.15, 0.2) is 0 Å². The maximum Gasteiger partial charge on any atom is 0.249 e. The fourth-order valence-electron chi connectivity index (χ4n) is 2.96. The fraction of sp³-hybridized carbons (Fsp3) is 0.333. The van der Waals surface area contributed by atoms with E-state index < -0.39 is 11.5 Å². The predicted octanol–water partition coefficient (Wildman–Crippen LogP) is 4.20. The van der Waals surface area contributed by atoms with Crippen LogP contribution in [0.3, 0.4) is 0 Å². The second-order valence-corrected chi connectivity index (χ2v) is 9.82. The summed E-state index contributed by atoms with van der Waals surface area (Å²) in [5.41, 5.74) is 2.12. The molecule has 1 aromatic heterocycles. The Labute approximate surface area is 203 Å². The van der Waals surface area contributed by atoms with E-state index in [2.05, 4.69) is 20.8 Å². The predicted molar refractivity (Wildman–Crippen MR) is 135 cm³/mol. The highest BCUT2D eigenvalue weighted by Gasteiger charge is 2.31. The number of hydrogen-bond donors (Lipinski definition) is 2. The van der Waals surface area contributed by atoms with Crippen LogP contribution in [0.15, 0.2) is 54.6 Å². The zero-order chi connectivity index (χ0) is 24.0. The third kappa shape index (κ3) is 6.52. The number of nitrogens with zero attached hydrogens (tertiary/aromatic N) is 3. The molecule has 0 aliphatic rings. The number of carbonyl (C=O) groups excluding carboxylic acids is 2. The van der Waals surface area contributed by atoms with Gasteiger partial charge in [-0.25, -0.2) is 0 Å². The highest BCUT2D eigenvalue weighted by atomic mass is 35.5. The maximum atomic E-state index is 13.1. The quantitative estimate of drug-likeness (QED) is 0.443. The van der Waals surface area contributed by atoms with Crippen molar-refractivity contribution in [3.05, 3.63) is 60.2 Å². The number of rotatable bonds is 9. The van der Waals surface area contributed by atoms with Crippen LogP contribution < -0.4 is 15.5 Å². The molecule has 3 rings (SSSR count). The van der Waals surface area contributed by atoms with E-state index in [9.17, 15) is 9.59 Å². The molecular formula is C24H28ClN5O2S. The average molecular weight is 486 g/mol. The van der Waals surface area contributed by atoms with Crippen LogP contribution in [-0.2, 0) is 16.0 Å². The number of hydrogen-bond acceptors (Lipinski definition) is 6. The average Bonchev–Trinajstić information content (AvgIpc) is 3.27. The molecule has 0 saturated carbocycles. The lowest BCUT2D eigenvalue weighted by Gasteiger charge is -2.25. The van der Waals surface area contributed by atoms with Crippen LogP contribution in [0.25, 0.3) is 10.6 Å². The topological polar surface area (TPSA) is 87.2 Å². The molecule has 0 aliphatic carbocycles. The van der Waals surface area contributed by atoms with Crippen LogP contribution in [-0.4, -0.2) is 48.0 Å². The molecule has 9 heteroatoms. The van der Waals surface area contributed by atoms with Gasteiger partial charge in [-0.15, -0.1) is 21.8 Å². The lowest BCUT2D eigenvalue weighted by atomic mass is 9.94. The summed E-state index contributed by atoms with van der Waals surface area (Å²) in [7, 11) is 3.96. The van der Waals surface area contributed by atoms with E-state index in [1.807, 2.05) is 73.6 Å². The highest BCUT2D eigenvalue weighted by Crippen LogP contribution is 2.28. The van der Waals surface area contributed by atoms with Crippen LogP contribution in [0, 0.1) is 5.41 Å². The van der Waals surface area contributed by atoms with Gasteiger partial charge in [0.1, 0.15) is 11.0 Å². The Kier molecular flexibility index (Phi) is 8.05. The molecular weight excluding hydrogens is 458 g/mol. The Morgan fingerprint density at radius 1 is 1.06 bits per heavy atom. The van der Waals surface area contributed by atoms with Crippen molar-refractivity contribution in [1.82, 2.24) is 15.5 Å². The Balaban J connectivity index is 1.75. The SMILES string of the molecule is CN(C)c1ccc(-c2nnc(NC(=O)C(Cc3ccccc3)NC(=O)C(C)(C)CCl)s2)cc1. The number of alkyl halides is 1. The fourth-order valence-corrected chi connectivity index (χ4v) is 3.83. The standard InChI is InChI=1S/C24H28ClN5O2S/c1-24(2,15-25)22(32)26-19(14-16-8-6-5-7-9-16)20(31)27-23-29-28-21(33-23)17-10-12-18(13-11-17)30(3)4/h5-13,19H,14-15H2,1-4H3,(H,26,32)(H,27,29,31). The van der Waals surface area contributed by atoms with Gasteiger partial charge in [-0.2, -0.15) is 0 Å². The van der Waals surface area contributed by atoms with Crippen LogP contribution in [0.4, 0.5) is 10.8 Å². The maximum absolute atomic E-state index is 13.1. The summed E-state index contributed by atoms with van der Waals surface area (Å²) in [5, 5.41) is 15.0. The molecule has 0 fully saturated rings. The van der Waals surface area contributed by atoms with E-state index in [1.165, 1.54) is 11.3 Å². The zero-order valence-electron chi connectivity index (χ0n) is 19.1. The summed E-state index contributed by atoms with van der Waals surface area (Å²) >= 11 is 7.23. The van der Waals surface area contributed by atoms with Gasteiger partial charge >= 0.3 is 0 Å². The molecule has 3 aromatic rings.